The van der Waals surface area contributed by atoms with Crippen LogP contribution >= 0.6 is 0 Å². The minimum Gasteiger partial charge on any atom is -0.310 e. The average Bonchev–Trinajstić information content (AvgIpc) is 2.39. The van der Waals surface area contributed by atoms with Gasteiger partial charge in [0.05, 0.1) is 5.52 Å². The van der Waals surface area contributed by atoms with Crippen LogP contribution in [0.2, 0.25) is 0 Å². The normalized spacial score (nSPS) is 13.1. The van der Waals surface area contributed by atoms with Crippen molar-refractivity contribution in [3.05, 3.63) is 42.1 Å². The molecule has 96 valence electrons. The van der Waals surface area contributed by atoms with Gasteiger partial charge in [-0.2, -0.15) is 0 Å². The van der Waals surface area contributed by atoms with Crippen LogP contribution in [0.4, 0.5) is 0 Å². The Labute approximate surface area is 109 Å². The van der Waals surface area contributed by atoms with E-state index in [9.17, 15) is 0 Å². The molecule has 0 aliphatic rings. The molecule has 2 nitrogen and oxygen atoms in total. The van der Waals surface area contributed by atoms with E-state index < -0.39 is 0 Å². The molecule has 0 aliphatic heterocycles. The second-order valence-electron chi connectivity index (χ2n) is 5.13. The molecule has 1 heterocycles. The molecule has 1 atom stereocenters. The predicted molar refractivity (Wildman–Crippen MR) is 77.5 cm³/mol. The standard InChI is InChI=1S/C16H22N2/c1-4-15(12(2)3)18-11-14-8-5-7-13-9-6-10-17-16(13)14/h5-10,12,15,18H,4,11H2,1-3H3. The van der Waals surface area contributed by atoms with Crippen LogP contribution in [-0.4, -0.2) is 11.0 Å². The summed E-state index contributed by atoms with van der Waals surface area (Å²) in [5.74, 6) is 0.665. The Bertz CT molecular complexity index is 500. The third-order valence-corrected chi connectivity index (χ3v) is 3.52. The first-order chi connectivity index (χ1) is 8.72. The number of benzene rings is 1. The van der Waals surface area contributed by atoms with Crippen LogP contribution in [0.15, 0.2) is 36.5 Å². The second kappa shape index (κ2) is 5.96. The number of pyridine rings is 1. The molecule has 0 radical (unpaired) electrons. The molecule has 0 saturated carbocycles. The van der Waals surface area contributed by atoms with Crippen molar-refractivity contribution < 1.29 is 0 Å². The third-order valence-electron chi connectivity index (χ3n) is 3.52. The number of hydrogen-bond acceptors (Lipinski definition) is 2. The highest BCUT2D eigenvalue weighted by molar-refractivity contribution is 5.81. The topological polar surface area (TPSA) is 24.9 Å². The van der Waals surface area contributed by atoms with Crippen molar-refractivity contribution in [1.29, 1.82) is 0 Å². The Morgan fingerprint density at radius 2 is 1.94 bits per heavy atom. The zero-order valence-corrected chi connectivity index (χ0v) is 11.5. The van der Waals surface area contributed by atoms with Gasteiger partial charge >= 0.3 is 0 Å². The van der Waals surface area contributed by atoms with Gasteiger partial charge in [-0.15, -0.1) is 0 Å². The lowest BCUT2D eigenvalue weighted by Crippen LogP contribution is -2.32. The van der Waals surface area contributed by atoms with Crippen molar-refractivity contribution in [2.45, 2.75) is 39.8 Å². The number of aromatic nitrogens is 1. The molecule has 0 aliphatic carbocycles. The van der Waals surface area contributed by atoms with Gasteiger partial charge in [0, 0.05) is 24.2 Å². The fourth-order valence-electron chi connectivity index (χ4n) is 2.40. The summed E-state index contributed by atoms with van der Waals surface area (Å²) < 4.78 is 0. The Morgan fingerprint density at radius 1 is 1.17 bits per heavy atom. The van der Waals surface area contributed by atoms with E-state index in [1.165, 1.54) is 10.9 Å². The van der Waals surface area contributed by atoms with Crippen LogP contribution in [-0.2, 0) is 6.54 Å². The number of fused-ring (bicyclic) bond motifs is 1. The minimum absolute atomic E-state index is 0.573. The van der Waals surface area contributed by atoms with Gasteiger partial charge in [0.15, 0.2) is 0 Å². The summed E-state index contributed by atoms with van der Waals surface area (Å²) in [6.45, 7) is 7.66. The van der Waals surface area contributed by atoms with E-state index in [2.05, 4.69) is 55.3 Å². The van der Waals surface area contributed by atoms with Crippen molar-refractivity contribution >= 4 is 10.9 Å². The monoisotopic (exact) mass is 242 g/mol. The Kier molecular flexibility index (Phi) is 4.32. The highest BCUT2D eigenvalue weighted by Gasteiger charge is 2.10. The number of nitrogens with one attached hydrogen (secondary N) is 1. The number of rotatable bonds is 5. The summed E-state index contributed by atoms with van der Waals surface area (Å²) in [5, 5.41) is 4.85. The highest BCUT2D eigenvalue weighted by atomic mass is 14.9. The fourth-order valence-corrected chi connectivity index (χ4v) is 2.40. The minimum atomic E-state index is 0.573. The molecule has 1 aromatic carbocycles. The summed E-state index contributed by atoms with van der Waals surface area (Å²) in [6, 6.07) is 11.1. The lowest BCUT2D eigenvalue weighted by Gasteiger charge is -2.21. The molecule has 1 N–H and O–H groups in total. The van der Waals surface area contributed by atoms with Gasteiger partial charge in [-0.25, -0.2) is 0 Å². The zero-order valence-electron chi connectivity index (χ0n) is 11.5. The molecule has 1 unspecified atom stereocenters. The largest absolute Gasteiger partial charge is 0.310 e. The van der Waals surface area contributed by atoms with Gasteiger partial charge in [-0.05, 0) is 24.0 Å². The molecule has 0 amide bonds. The van der Waals surface area contributed by atoms with Crippen LogP contribution in [0.25, 0.3) is 10.9 Å². The number of hydrogen-bond donors (Lipinski definition) is 1. The van der Waals surface area contributed by atoms with E-state index >= 15 is 0 Å². The lowest BCUT2D eigenvalue weighted by molar-refractivity contribution is 0.388. The van der Waals surface area contributed by atoms with Crippen LogP contribution in [0.3, 0.4) is 0 Å². The SMILES string of the molecule is CCC(NCc1cccc2cccnc12)C(C)C. The first-order valence-electron chi connectivity index (χ1n) is 6.78. The molecule has 1 aromatic heterocycles. The summed E-state index contributed by atoms with van der Waals surface area (Å²) in [4.78, 5) is 4.49. The summed E-state index contributed by atoms with van der Waals surface area (Å²) in [5.41, 5.74) is 2.40. The quantitative estimate of drug-likeness (QED) is 0.863. The van der Waals surface area contributed by atoms with Crippen molar-refractivity contribution in [1.82, 2.24) is 10.3 Å². The summed E-state index contributed by atoms with van der Waals surface area (Å²) in [6.07, 6.45) is 3.03. The first kappa shape index (κ1) is 13.0. The maximum atomic E-state index is 4.49. The zero-order chi connectivity index (χ0) is 13.0. The molecule has 0 bridgehead atoms. The van der Waals surface area contributed by atoms with E-state index in [1.807, 2.05) is 12.3 Å². The van der Waals surface area contributed by atoms with Crippen LogP contribution in [0, 0.1) is 5.92 Å². The molecule has 2 heteroatoms. The molecule has 2 aromatic rings. The van der Waals surface area contributed by atoms with Gasteiger partial charge in [0.25, 0.3) is 0 Å². The second-order valence-corrected chi connectivity index (χ2v) is 5.13. The average molecular weight is 242 g/mol. The van der Waals surface area contributed by atoms with Crippen LogP contribution < -0.4 is 5.32 Å². The maximum Gasteiger partial charge on any atom is 0.0746 e. The van der Waals surface area contributed by atoms with Crippen molar-refractivity contribution in [2.24, 2.45) is 5.92 Å². The smallest absolute Gasteiger partial charge is 0.0746 e. The van der Waals surface area contributed by atoms with E-state index in [-0.39, 0.29) is 0 Å². The molecule has 0 fully saturated rings. The van der Waals surface area contributed by atoms with Crippen molar-refractivity contribution in [3.63, 3.8) is 0 Å². The predicted octanol–water partition coefficient (Wildman–Crippen LogP) is 3.76. The number of nitrogens with zero attached hydrogens (tertiary/aromatic N) is 1. The highest BCUT2D eigenvalue weighted by Crippen LogP contribution is 2.16. The molecule has 0 saturated heterocycles. The van der Waals surface area contributed by atoms with E-state index in [4.69, 9.17) is 0 Å². The first-order valence-corrected chi connectivity index (χ1v) is 6.78. The maximum absolute atomic E-state index is 4.49. The van der Waals surface area contributed by atoms with Gasteiger partial charge in [0.1, 0.15) is 0 Å². The molecular formula is C16H22N2. The lowest BCUT2D eigenvalue weighted by atomic mass is 10.0. The van der Waals surface area contributed by atoms with Crippen molar-refractivity contribution in [2.75, 3.05) is 0 Å². The van der Waals surface area contributed by atoms with E-state index in [0.29, 0.717) is 12.0 Å². The molecule has 2 rings (SSSR count). The van der Waals surface area contributed by atoms with Crippen LogP contribution in [0.5, 0.6) is 0 Å². The Balaban J connectivity index is 2.17. The molecule has 18 heavy (non-hydrogen) atoms. The fraction of sp³-hybridized carbons (Fsp3) is 0.438. The molecular weight excluding hydrogens is 220 g/mol. The van der Waals surface area contributed by atoms with Crippen LogP contribution in [0.1, 0.15) is 32.8 Å². The van der Waals surface area contributed by atoms with Gasteiger partial charge < -0.3 is 5.32 Å². The van der Waals surface area contributed by atoms with Gasteiger partial charge in [-0.3, -0.25) is 4.98 Å². The summed E-state index contributed by atoms with van der Waals surface area (Å²) >= 11 is 0. The third kappa shape index (κ3) is 2.88. The Hall–Kier alpha value is -1.41. The van der Waals surface area contributed by atoms with Gasteiger partial charge in [-0.1, -0.05) is 45.0 Å². The van der Waals surface area contributed by atoms with Crippen molar-refractivity contribution in [3.8, 4) is 0 Å². The molecule has 0 spiro atoms. The van der Waals surface area contributed by atoms with Gasteiger partial charge in [0.2, 0.25) is 0 Å². The number of para-hydroxylation sites is 1. The van der Waals surface area contributed by atoms with E-state index in [0.717, 1.165) is 18.5 Å². The summed E-state index contributed by atoms with van der Waals surface area (Å²) in [7, 11) is 0. The van der Waals surface area contributed by atoms with E-state index in [1.54, 1.807) is 0 Å². The Morgan fingerprint density at radius 3 is 2.67 bits per heavy atom.